The summed E-state index contributed by atoms with van der Waals surface area (Å²) in [5, 5.41) is 15.0. The third-order valence-electron chi connectivity index (χ3n) is 1.63. The molecule has 0 atom stereocenters. The largest absolute Gasteiger partial charge is 0.481 e. The molecule has 0 aliphatic heterocycles. The second-order valence-electron chi connectivity index (χ2n) is 3.48. The van der Waals surface area contributed by atoms with Crippen LogP contribution in [0.4, 0.5) is 0 Å². The van der Waals surface area contributed by atoms with Gasteiger partial charge in [0.05, 0.1) is 0 Å². The summed E-state index contributed by atoms with van der Waals surface area (Å²) < 4.78 is 0. The first-order chi connectivity index (χ1) is 7.92. The van der Waals surface area contributed by atoms with Crippen molar-refractivity contribution in [2.75, 3.05) is 0 Å². The Morgan fingerprint density at radius 1 is 1.00 bits per heavy atom. The van der Waals surface area contributed by atoms with Crippen LogP contribution in [0.15, 0.2) is 12.7 Å². The van der Waals surface area contributed by atoms with Crippen molar-refractivity contribution in [2.24, 2.45) is 0 Å². The predicted octanol–water partition coefficient (Wildman–Crippen LogP) is 3.71. The fraction of sp³-hybridized carbons (Fsp3) is 0.692. The monoisotopic (exact) mass is 246 g/mol. The topological polar surface area (TPSA) is 74.6 Å². The van der Waals surface area contributed by atoms with Gasteiger partial charge in [0.1, 0.15) is 0 Å². The summed E-state index contributed by atoms with van der Waals surface area (Å²) in [6.07, 6.45) is 9.32. The van der Waals surface area contributed by atoms with E-state index in [1.165, 1.54) is 38.5 Å². The van der Waals surface area contributed by atoms with E-state index < -0.39 is 11.9 Å². The number of carboxylic acid groups (broad SMARTS) is 2. The first kappa shape index (κ1) is 21.0. The fourth-order valence-electron chi connectivity index (χ4n) is 0.854. The molecule has 0 aliphatic rings. The summed E-state index contributed by atoms with van der Waals surface area (Å²) in [7, 11) is 0. The van der Waals surface area contributed by atoms with E-state index in [0.717, 1.165) is 13.0 Å². The van der Waals surface area contributed by atoms with Crippen molar-refractivity contribution in [2.45, 2.75) is 59.3 Å². The van der Waals surface area contributed by atoms with E-state index in [1.807, 2.05) is 0 Å². The zero-order valence-electron chi connectivity index (χ0n) is 11.2. The number of carbonyl (C=O) groups is 2. The normalized spacial score (nSPS) is 7.94. The molecule has 0 aromatic rings. The minimum atomic E-state index is -0.981. The van der Waals surface area contributed by atoms with Gasteiger partial charge in [0.25, 0.3) is 5.97 Å². The molecular formula is C13H26O4. The van der Waals surface area contributed by atoms with E-state index in [-0.39, 0.29) is 0 Å². The molecule has 2 N–H and O–H groups in total. The molecule has 102 valence electrons. The van der Waals surface area contributed by atoms with Gasteiger partial charge in [0.2, 0.25) is 0 Å². The summed E-state index contributed by atoms with van der Waals surface area (Å²) in [5.74, 6) is -1.81. The van der Waals surface area contributed by atoms with E-state index in [9.17, 15) is 4.79 Å². The molecule has 0 radical (unpaired) electrons. The fourth-order valence-corrected chi connectivity index (χ4v) is 0.854. The lowest BCUT2D eigenvalue weighted by molar-refractivity contribution is -0.134. The average Bonchev–Trinajstić information content (AvgIpc) is 2.24. The van der Waals surface area contributed by atoms with Crippen molar-refractivity contribution in [1.29, 1.82) is 0 Å². The zero-order valence-corrected chi connectivity index (χ0v) is 11.2. The SMILES string of the molecule is C=CC(=O)O.CC(=O)O.CCCCCCCC. The molecule has 0 saturated heterocycles. The van der Waals surface area contributed by atoms with Gasteiger partial charge in [0.15, 0.2) is 0 Å². The maximum atomic E-state index is 9.25. The highest BCUT2D eigenvalue weighted by Gasteiger charge is 1.83. The second kappa shape index (κ2) is 20.1. The Bertz CT molecular complexity index is 178. The standard InChI is InChI=1S/C8H18.C3H4O2.C2H4O2/c1-3-5-7-8-6-4-2;1-2-3(4)5;1-2(3)4/h3-8H2,1-2H3;2H,1H2,(H,4,5);1H3,(H,3,4). The molecule has 4 nitrogen and oxygen atoms in total. The van der Waals surface area contributed by atoms with Crippen LogP contribution in [0.1, 0.15) is 59.3 Å². The Labute approximate surface area is 104 Å². The van der Waals surface area contributed by atoms with Crippen LogP contribution >= 0.6 is 0 Å². The third-order valence-corrected chi connectivity index (χ3v) is 1.63. The van der Waals surface area contributed by atoms with Gasteiger partial charge in [-0.1, -0.05) is 59.0 Å². The van der Waals surface area contributed by atoms with Gasteiger partial charge in [-0.05, 0) is 0 Å². The van der Waals surface area contributed by atoms with Crippen LogP contribution in [0.3, 0.4) is 0 Å². The van der Waals surface area contributed by atoms with Crippen molar-refractivity contribution in [1.82, 2.24) is 0 Å². The molecule has 0 bridgehead atoms. The summed E-state index contributed by atoms with van der Waals surface area (Å²) in [6.45, 7) is 8.56. The maximum Gasteiger partial charge on any atom is 0.327 e. The molecule has 0 spiro atoms. The van der Waals surface area contributed by atoms with E-state index in [0.29, 0.717) is 0 Å². The van der Waals surface area contributed by atoms with Crippen molar-refractivity contribution < 1.29 is 19.8 Å². The van der Waals surface area contributed by atoms with Crippen molar-refractivity contribution in [3.8, 4) is 0 Å². The van der Waals surface area contributed by atoms with Crippen LogP contribution < -0.4 is 0 Å². The highest BCUT2D eigenvalue weighted by atomic mass is 16.4. The predicted molar refractivity (Wildman–Crippen MR) is 70.2 cm³/mol. The number of unbranched alkanes of at least 4 members (excludes halogenated alkanes) is 5. The van der Waals surface area contributed by atoms with Gasteiger partial charge < -0.3 is 10.2 Å². The van der Waals surface area contributed by atoms with Gasteiger partial charge in [-0.2, -0.15) is 0 Å². The van der Waals surface area contributed by atoms with Gasteiger partial charge in [0, 0.05) is 13.0 Å². The van der Waals surface area contributed by atoms with Crippen molar-refractivity contribution in [3.05, 3.63) is 12.7 Å². The van der Waals surface area contributed by atoms with Crippen LogP contribution in [0.25, 0.3) is 0 Å². The summed E-state index contributed by atoms with van der Waals surface area (Å²) >= 11 is 0. The first-order valence-corrected chi connectivity index (χ1v) is 5.97. The molecule has 0 saturated carbocycles. The molecule has 0 aromatic carbocycles. The molecule has 0 aliphatic carbocycles. The lowest BCUT2D eigenvalue weighted by atomic mass is 10.1. The lowest BCUT2D eigenvalue weighted by Crippen LogP contribution is -1.82. The Morgan fingerprint density at radius 2 is 1.24 bits per heavy atom. The molecule has 0 rings (SSSR count). The van der Waals surface area contributed by atoms with Gasteiger partial charge in [-0.25, -0.2) is 4.79 Å². The van der Waals surface area contributed by atoms with E-state index >= 15 is 0 Å². The minimum absolute atomic E-state index is 0.833. The van der Waals surface area contributed by atoms with Crippen LogP contribution in [-0.4, -0.2) is 22.2 Å². The van der Waals surface area contributed by atoms with Gasteiger partial charge in [-0.3, -0.25) is 4.79 Å². The van der Waals surface area contributed by atoms with Crippen LogP contribution in [0, 0.1) is 0 Å². The average molecular weight is 246 g/mol. The summed E-state index contributed by atoms with van der Waals surface area (Å²) in [6, 6.07) is 0. The molecule has 0 fully saturated rings. The smallest absolute Gasteiger partial charge is 0.327 e. The summed E-state index contributed by atoms with van der Waals surface area (Å²) in [4.78, 5) is 18.2. The number of hydrogen-bond donors (Lipinski definition) is 2. The van der Waals surface area contributed by atoms with Crippen LogP contribution in [0.2, 0.25) is 0 Å². The Balaban J connectivity index is -0.000000188. The number of rotatable bonds is 6. The lowest BCUT2D eigenvalue weighted by Gasteiger charge is -1.93. The Morgan fingerprint density at radius 3 is 1.35 bits per heavy atom. The number of hydrogen-bond acceptors (Lipinski definition) is 2. The Kier molecular flexibility index (Phi) is 24.9. The molecule has 4 heteroatoms. The highest BCUT2D eigenvalue weighted by molar-refractivity contribution is 5.78. The third kappa shape index (κ3) is 73.2. The van der Waals surface area contributed by atoms with Crippen LogP contribution in [-0.2, 0) is 9.59 Å². The highest BCUT2D eigenvalue weighted by Crippen LogP contribution is 2.03. The van der Waals surface area contributed by atoms with E-state index in [4.69, 9.17) is 15.0 Å². The molecule has 0 unspecified atom stereocenters. The zero-order chi connectivity index (χ0) is 14.1. The first-order valence-electron chi connectivity index (χ1n) is 5.97. The maximum absolute atomic E-state index is 9.25. The molecule has 17 heavy (non-hydrogen) atoms. The summed E-state index contributed by atoms with van der Waals surface area (Å²) in [5.41, 5.74) is 0. The van der Waals surface area contributed by atoms with E-state index in [1.54, 1.807) is 0 Å². The molecular weight excluding hydrogens is 220 g/mol. The minimum Gasteiger partial charge on any atom is -0.481 e. The second-order valence-corrected chi connectivity index (χ2v) is 3.48. The Hall–Kier alpha value is -1.32. The molecule has 0 heterocycles. The van der Waals surface area contributed by atoms with Gasteiger partial charge in [-0.15, -0.1) is 0 Å². The van der Waals surface area contributed by atoms with Crippen LogP contribution in [0.5, 0.6) is 0 Å². The van der Waals surface area contributed by atoms with Gasteiger partial charge >= 0.3 is 5.97 Å². The quantitative estimate of drug-likeness (QED) is 0.553. The van der Waals surface area contributed by atoms with E-state index in [2.05, 4.69) is 20.4 Å². The number of carboxylic acids is 2. The van der Waals surface area contributed by atoms with Crippen molar-refractivity contribution >= 4 is 11.9 Å². The number of aliphatic carboxylic acids is 2. The van der Waals surface area contributed by atoms with Crippen molar-refractivity contribution in [3.63, 3.8) is 0 Å². The molecule has 0 aromatic heterocycles. The molecule has 0 amide bonds.